The average Bonchev–Trinajstić information content (AvgIpc) is 2.16. The molecule has 0 aromatic heterocycles. The van der Waals surface area contributed by atoms with Gasteiger partial charge in [-0.3, -0.25) is 0 Å². The summed E-state index contributed by atoms with van der Waals surface area (Å²) in [4.78, 5) is 11.3. The van der Waals surface area contributed by atoms with Crippen molar-refractivity contribution in [2.24, 2.45) is 0 Å². The third-order valence-electron chi connectivity index (χ3n) is 1.65. The van der Waals surface area contributed by atoms with Gasteiger partial charge in [0.05, 0.1) is 17.7 Å². The molecule has 5 heteroatoms. The number of carbonyl (C=O) groups excluding carboxylic acids is 1. The van der Waals surface area contributed by atoms with Crippen LogP contribution in [0.2, 0.25) is 5.02 Å². The Kier molecular flexibility index (Phi) is 4.23. The fraction of sp³-hybridized carbons (Fsp3) is 0.222. The number of alkyl halides is 1. The topological polar surface area (TPSA) is 26.3 Å². The van der Waals surface area contributed by atoms with E-state index in [4.69, 9.17) is 23.2 Å². The number of hydrogen-bond acceptors (Lipinski definition) is 2. The lowest BCUT2D eigenvalue weighted by Crippen LogP contribution is -2.03. The molecule has 76 valence electrons. The summed E-state index contributed by atoms with van der Waals surface area (Å²) in [7, 11) is 1.31. The Morgan fingerprint density at radius 3 is 2.64 bits per heavy atom. The second kappa shape index (κ2) is 5.01. The van der Waals surface area contributed by atoms with Crippen LogP contribution in [0.5, 0.6) is 0 Å². The second-order valence-electron chi connectivity index (χ2n) is 2.56. The Balaban J connectivity index is 3.25. The van der Waals surface area contributed by atoms with E-state index in [1.807, 2.05) is 0 Å². The predicted octanol–water partition coefficient (Wildman–Crippen LogP) is 3.63. The van der Waals surface area contributed by atoms with Crippen molar-refractivity contribution < 1.29 is 9.53 Å². The fourth-order valence-corrected chi connectivity index (χ4v) is 2.26. The van der Waals surface area contributed by atoms with Crippen LogP contribution < -0.4 is 0 Å². The van der Waals surface area contributed by atoms with E-state index in [2.05, 4.69) is 20.7 Å². The monoisotopic (exact) mass is 296 g/mol. The largest absolute Gasteiger partial charge is 0.465 e. The molecule has 0 spiro atoms. The van der Waals surface area contributed by atoms with Crippen molar-refractivity contribution in [2.75, 3.05) is 7.11 Å². The number of ether oxygens (including phenoxy) is 1. The molecule has 2 nitrogen and oxygen atoms in total. The highest BCUT2D eigenvalue weighted by atomic mass is 79.9. The zero-order valence-corrected chi connectivity index (χ0v) is 10.4. The van der Waals surface area contributed by atoms with Crippen LogP contribution >= 0.6 is 39.1 Å². The maximum absolute atomic E-state index is 11.3. The lowest BCUT2D eigenvalue weighted by atomic mass is 10.1. The minimum Gasteiger partial charge on any atom is -0.465 e. The van der Waals surface area contributed by atoms with Crippen LogP contribution in [0.1, 0.15) is 15.9 Å². The molecule has 0 radical (unpaired) electrons. The first-order valence-electron chi connectivity index (χ1n) is 3.72. The van der Waals surface area contributed by atoms with Crippen molar-refractivity contribution in [3.63, 3.8) is 0 Å². The number of benzene rings is 1. The summed E-state index contributed by atoms with van der Waals surface area (Å²) in [5.41, 5.74) is 1.17. The highest BCUT2D eigenvalue weighted by Crippen LogP contribution is 2.28. The van der Waals surface area contributed by atoms with Gasteiger partial charge in [-0.2, -0.15) is 0 Å². The number of rotatable bonds is 2. The van der Waals surface area contributed by atoms with Crippen molar-refractivity contribution in [1.29, 1.82) is 0 Å². The summed E-state index contributed by atoms with van der Waals surface area (Å²) in [6.07, 6.45) is 0. The zero-order valence-electron chi connectivity index (χ0n) is 7.31. The fourth-order valence-electron chi connectivity index (χ4n) is 1.000. The van der Waals surface area contributed by atoms with Crippen LogP contribution in [0.3, 0.4) is 0 Å². The average molecular weight is 298 g/mol. The van der Waals surface area contributed by atoms with E-state index >= 15 is 0 Å². The van der Waals surface area contributed by atoms with E-state index < -0.39 is 5.97 Å². The third-order valence-corrected chi connectivity index (χ3v) is 2.88. The SMILES string of the molecule is COC(=O)c1c(Cl)cc(CCl)cc1Br. The second-order valence-corrected chi connectivity index (χ2v) is 4.09. The van der Waals surface area contributed by atoms with E-state index in [0.717, 1.165) is 5.56 Å². The van der Waals surface area contributed by atoms with Gasteiger partial charge in [-0.1, -0.05) is 11.6 Å². The Labute approximate surface area is 100 Å². The normalized spacial score (nSPS) is 10.0. The van der Waals surface area contributed by atoms with Crippen LogP contribution in [0, 0.1) is 0 Å². The lowest BCUT2D eigenvalue weighted by Gasteiger charge is -2.06. The molecule has 14 heavy (non-hydrogen) atoms. The first-order chi connectivity index (χ1) is 6.60. The number of hydrogen-bond donors (Lipinski definition) is 0. The molecule has 0 amide bonds. The minimum atomic E-state index is -0.469. The molecule has 0 saturated heterocycles. The maximum atomic E-state index is 11.3. The van der Waals surface area contributed by atoms with E-state index in [9.17, 15) is 4.79 Å². The summed E-state index contributed by atoms with van der Waals surface area (Å²) in [5.74, 6) is -0.122. The van der Waals surface area contributed by atoms with Gasteiger partial charge in [0.25, 0.3) is 0 Å². The number of halogens is 3. The van der Waals surface area contributed by atoms with Crippen molar-refractivity contribution >= 4 is 45.1 Å². The van der Waals surface area contributed by atoms with Crippen LogP contribution in [0.4, 0.5) is 0 Å². The molecule has 0 bridgehead atoms. The predicted molar refractivity (Wildman–Crippen MR) is 60.0 cm³/mol. The molecule has 0 aliphatic rings. The summed E-state index contributed by atoms with van der Waals surface area (Å²) >= 11 is 14.8. The smallest absolute Gasteiger partial charge is 0.340 e. The molecular formula is C9H7BrCl2O2. The molecule has 0 atom stereocenters. The molecule has 1 rings (SSSR count). The van der Waals surface area contributed by atoms with E-state index in [1.54, 1.807) is 12.1 Å². The summed E-state index contributed by atoms with van der Waals surface area (Å²) in [5, 5.41) is 0.335. The maximum Gasteiger partial charge on any atom is 0.340 e. The Morgan fingerprint density at radius 1 is 1.57 bits per heavy atom. The van der Waals surface area contributed by atoms with Crippen LogP contribution in [0.25, 0.3) is 0 Å². The summed E-state index contributed by atoms with van der Waals surface area (Å²) in [6, 6.07) is 3.39. The zero-order chi connectivity index (χ0) is 10.7. The summed E-state index contributed by atoms with van der Waals surface area (Å²) in [6.45, 7) is 0. The van der Waals surface area contributed by atoms with Gasteiger partial charge in [0, 0.05) is 10.4 Å². The van der Waals surface area contributed by atoms with Gasteiger partial charge in [0.2, 0.25) is 0 Å². The molecule has 1 aromatic rings. The lowest BCUT2D eigenvalue weighted by molar-refractivity contribution is 0.0600. The molecule has 0 unspecified atom stereocenters. The van der Waals surface area contributed by atoms with Crippen molar-refractivity contribution in [3.05, 3.63) is 32.8 Å². The van der Waals surface area contributed by atoms with Crippen molar-refractivity contribution in [2.45, 2.75) is 5.88 Å². The molecular weight excluding hydrogens is 291 g/mol. The first kappa shape index (κ1) is 11.8. The van der Waals surface area contributed by atoms with Crippen molar-refractivity contribution in [1.82, 2.24) is 0 Å². The standard InChI is InChI=1S/C9H7BrCl2O2/c1-14-9(13)8-6(10)2-5(4-11)3-7(8)12/h2-3H,4H2,1H3. The van der Waals surface area contributed by atoms with Gasteiger partial charge in [-0.05, 0) is 33.6 Å². The Bertz CT molecular complexity index is 343. The molecule has 1 aromatic carbocycles. The van der Waals surface area contributed by atoms with E-state index in [0.29, 0.717) is 20.9 Å². The number of methoxy groups -OCH3 is 1. The Morgan fingerprint density at radius 2 is 2.21 bits per heavy atom. The third kappa shape index (κ3) is 2.41. The van der Waals surface area contributed by atoms with Crippen LogP contribution in [0.15, 0.2) is 16.6 Å². The van der Waals surface area contributed by atoms with Gasteiger partial charge >= 0.3 is 5.97 Å². The molecule has 0 saturated carbocycles. The highest BCUT2D eigenvalue weighted by molar-refractivity contribution is 9.10. The minimum absolute atomic E-state index is 0.322. The van der Waals surface area contributed by atoms with E-state index in [1.165, 1.54) is 7.11 Å². The van der Waals surface area contributed by atoms with Gasteiger partial charge < -0.3 is 4.74 Å². The quantitative estimate of drug-likeness (QED) is 0.615. The van der Waals surface area contributed by atoms with E-state index in [-0.39, 0.29) is 0 Å². The van der Waals surface area contributed by atoms with Crippen LogP contribution in [-0.2, 0) is 10.6 Å². The van der Waals surface area contributed by atoms with Gasteiger partial charge in [0.1, 0.15) is 0 Å². The van der Waals surface area contributed by atoms with Crippen molar-refractivity contribution in [3.8, 4) is 0 Å². The Hall–Kier alpha value is -0.250. The van der Waals surface area contributed by atoms with Crippen LogP contribution in [-0.4, -0.2) is 13.1 Å². The molecule has 0 N–H and O–H groups in total. The van der Waals surface area contributed by atoms with Gasteiger partial charge in [-0.15, -0.1) is 11.6 Å². The molecule has 0 aliphatic carbocycles. The molecule has 0 heterocycles. The number of esters is 1. The number of carbonyl (C=O) groups is 1. The highest BCUT2D eigenvalue weighted by Gasteiger charge is 2.15. The van der Waals surface area contributed by atoms with Gasteiger partial charge in [-0.25, -0.2) is 4.79 Å². The first-order valence-corrected chi connectivity index (χ1v) is 5.43. The summed E-state index contributed by atoms with van der Waals surface area (Å²) < 4.78 is 5.18. The molecule has 0 aliphatic heterocycles. The van der Waals surface area contributed by atoms with Gasteiger partial charge in [0.15, 0.2) is 0 Å². The molecule has 0 fully saturated rings.